The zero-order valence-electron chi connectivity index (χ0n) is 12.8. The molecule has 1 aliphatic heterocycles. The van der Waals surface area contributed by atoms with Crippen molar-refractivity contribution in [1.82, 2.24) is 4.98 Å². The molecule has 2 N–H and O–H groups in total. The van der Waals surface area contributed by atoms with Gasteiger partial charge in [0, 0.05) is 49.3 Å². The van der Waals surface area contributed by atoms with Crippen molar-refractivity contribution in [3.8, 4) is 0 Å². The summed E-state index contributed by atoms with van der Waals surface area (Å²) in [6.45, 7) is 4.88. The van der Waals surface area contributed by atoms with E-state index in [1.807, 2.05) is 25.1 Å². The van der Waals surface area contributed by atoms with Crippen LogP contribution in [0.2, 0.25) is 0 Å². The van der Waals surface area contributed by atoms with E-state index in [-0.39, 0.29) is 0 Å². The molecule has 1 fully saturated rings. The zero-order valence-corrected chi connectivity index (χ0v) is 12.8. The topological polar surface area (TPSA) is 51.4 Å². The molecule has 21 heavy (non-hydrogen) atoms. The molecule has 0 atom stereocenters. The van der Waals surface area contributed by atoms with Gasteiger partial charge in [-0.1, -0.05) is 0 Å². The molecule has 0 radical (unpaired) electrons. The van der Waals surface area contributed by atoms with Gasteiger partial charge < -0.3 is 15.4 Å². The Bertz CT molecular complexity index is 635. The Morgan fingerprint density at radius 2 is 2.05 bits per heavy atom. The Morgan fingerprint density at radius 1 is 1.29 bits per heavy atom. The predicted molar refractivity (Wildman–Crippen MR) is 87.7 cm³/mol. The van der Waals surface area contributed by atoms with E-state index >= 15 is 0 Å². The molecule has 0 saturated carbocycles. The van der Waals surface area contributed by atoms with Crippen LogP contribution in [0.25, 0.3) is 10.9 Å². The summed E-state index contributed by atoms with van der Waals surface area (Å²) in [7, 11) is 2.16. The third-order valence-electron chi connectivity index (χ3n) is 4.22. The number of hydrogen-bond donors (Lipinski definition) is 1. The highest BCUT2D eigenvalue weighted by Crippen LogP contribution is 2.29. The summed E-state index contributed by atoms with van der Waals surface area (Å²) in [5, 5.41) is 1.13. The average molecular weight is 285 g/mol. The second kappa shape index (κ2) is 5.90. The van der Waals surface area contributed by atoms with Crippen molar-refractivity contribution in [3.05, 3.63) is 30.0 Å². The molecule has 3 rings (SSSR count). The van der Waals surface area contributed by atoms with Gasteiger partial charge in [-0.15, -0.1) is 0 Å². The minimum Gasteiger partial charge on any atom is -0.399 e. The van der Waals surface area contributed by atoms with Gasteiger partial charge >= 0.3 is 0 Å². The van der Waals surface area contributed by atoms with Crippen molar-refractivity contribution in [2.24, 2.45) is 5.92 Å². The first-order chi connectivity index (χ1) is 10.1. The van der Waals surface area contributed by atoms with E-state index in [2.05, 4.69) is 23.0 Å². The van der Waals surface area contributed by atoms with Crippen molar-refractivity contribution < 1.29 is 4.74 Å². The number of hydrogen-bond acceptors (Lipinski definition) is 4. The standard InChI is InChI=1S/C17H23N3O/c1-12-9-17(15-10-14(18)3-4-16(15)19-12)20(2)11-13-5-7-21-8-6-13/h3-4,9-10,13H,5-8,11,18H2,1-2H3. The normalized spacial score (nSPS) is 16.3. The van der Waals surface area contributed by atoms with E-state index in [0.29, 0.717) is 5.92 Å². The highest BCUT2D eigenvalue weighted by atomic mass is 16.5. The zero-order chi connectivity index (χ0) is 14.8. The van der Waals surface area contributed by atoms with Crippen LogP contribution in [0, 0.1) is 12.8 Å². The van der Waals surface area contributed by atoms with E-state index in [0.717, 1.165) is 54.9 Å². The van der Waals surface area contributed by atoms with Crippen molar-refractivity contribution in [2.45, 2.75) is 19.8 Å². The monoisotopic (exact) mass is 285 g/mol. The summed E-state index contributed by atoms with van der Waals surface area (Å²) in [6.07, 6.45) is 2.29. The number of pyridine rings is 1. The van der Waals surface area contributed by atoms with Crippen molar-refractivity contribution >= 4 is 22.3 Å². The first-order valence-electron chi connectivity index (χ1n) is 7.59. The lowest BCUT2D eigenvalue weighted by molar-refractivity contribution is 0.0685. The van der Waals surface area contributed by atoms with E-state index in [4.69, 9.17) is 10.5 Å². The van der Waals surface area contributed by atoms with Crippen LogP contribution in [-0.2, 0) is 4.74 Å². The second-order valence-electron chi connectivity index (χ2n) is 6.00. The van der Waals surface area contributed by atoms with Gasteiger partial charge in [-0.2, -0.15) is 0 Å². The van der Waals surface area contributed by atoms with Crippen molar-refractivity contribution in [1.29, 1.82) is 0 Å². The molecule has 1 aliphatic rings. The molecule has 0 unspecified atom stereocenters. The molecule has 0 spiro atoms. The first-order valence-corrected chi connectivity index (χ1v) is 7.59. The number of aryl methyl sites for hydroxylation is 1. The maximum atomic E-state index is 5.95. The molecular formula is C17H23N3O. The summed E-state index contributed by atoms with van der Waals surface area (Å²) in [5.41, 5.74) is 10.0. The van der Waals surface area contributed by atoms with Crippen molar-refractivity contribution in [3.63, 3.8) is 0 Å². The number of anilines is 2. The van der Waals surface area contributed by atoms with E-state index in [1.165, 1.54) is 5.69 Å². The third-order valence-corrected chi connectivity index (χ3v) is 4.22. The minimum absolute atomic E-state index is 0.702. The average Bonchev–Trinajstić information content (AvgIpc) is 2.48. The molecule has 1 aromatic heterocycles. The first kappa shape index (κ1) is 14.1. The number of benzene rings is 1. The molecule has 0 bridgehead atoms. The van der Waals surface area contributed by atoms with Crippen LogP contribution in [0.4, 0.5) is 11.4 Å². The van der Waals surface area contributed by atoms with Gasteiger partial charge in [0.05, 0.1) is 5.52 Å². The highest BCUT2D eigenvalue weighted by Gasteiger charge is 2.17. The van der Waals surface area contributed by atoms with Crippen LogP contribution < -0.4 is 10.6 Å². The van der Waals surface area contributed by atoms with Crippen LogP contribution in [-0.4, -0.2) is 31.8 Å². The summed E-state index contributed by atoms with van der Waals surface area (Å²) in [4.78, 5) is 6.94. The third kappa shape index (κ3) is 3.10. The van der Waals surface area contributed by atoms with Gasteiger partial charge in [0.1, 0.15) is 0 Å². The number of nitrogen functional groups attached to an aromatic ring is 1. The number of nitrogens with two attached hydrogens (primary N) is 1. The lowest BCUT2D eigenvalue weighted by Crippen LogP contribution is -2.29. The maximum absolute atomic E-state index is 5.95. The summed E-state index contributed by atoms with van der Waals surface area (Å²) >= 11 is 0. The van der Waals surface area contributed by atoms with Gasteiger partial charge in [0.25, 0.3) is 0 Å². The molecule has 4 heteroatoms. The number of ether oxygens (including phenoxy) is 1. The fraction of sp³-hybridized carbons (Fsp3) is 0.471. The van der Waals surface area contributed by atoms with Gasteiger partial charge in [-0.05, 0) is 49.9 Å². The van der Waals surface area contributed by atoms with Crippen LogP contribution in [0.5, 0.6) is 0 Å². The molecule has 1 aromatic carbocycles. The second-order valence-corrected chi connectivity index (χ2v) is 6.00. The van der Waals surface area contributed by atoms with E-state index in [9.17, 15) is 0 Å². The fourth-order valence-electron chi connectivity index (χ4n) is 3.08. The SMILES string of the molecule is Cc1cc(N(C)CC2CCOCC2)c2cc(N)ccc2n1. The number of aromatic nitrogens is 1. The molecule has 2 heterocycles. The number of nitrogens with zero attached hydrogens (tertiary/aromatic N) is 2. The smallest absolute Gasteiger partial charge is 0.0727 e. The Kier molecular flexibility index (Phi) is 3.97. The van der Waals surface area contributed by atoms with Gasteiger partial charge in [0.15, 0.2) is 0 Å². The molecule has 0 amide bonds. The summed E-state index contributed by atoms with van der Waals surface area (Å²) < 4.78 is 5.45. The summed E-state index contributed by atoms with van der Waals surface area (Å²) in [6, 6.07) is 8.10. The predicted octanol–water partition coefficient (Wildman–Crippen LogP) is 2.99. The molecule has 0 aliphatic carbocycles. The summed E-state index contributed by atoms with van der Waals surface area (Å²) in [5.74, 6) is 0.702. The Hall–Kier alpha value is -1.81. The molecule has 112 valence electrons. The molecule has 4 nitrogen and oxygen atoms in total. The number of rotatable bonds is 3. The van der Waals surface area contributed by atoms with Crippen LogP contribution in [0.1, 0.15) is 18.5 Å². The van der Waals surface area contributed by atoms with Gasteiger partial charge in [-0.3, -0.25) is 4.98 Å². The van der Waals surface area contributed by atoms with Crippen molar-refractivity contribution in [2.75, 3.05) is 37.4 Å². The Labute approximate surface area is 125 Å². The van der Waals surface area contributed by atoms with Crippen LogP contribution in [0.15, 0.2) is 24.3 Å². The lowest BCUT2D eigenvalue weighted by atomic mass is 9.99. The lowest BCUT2D eigenvalue weighted by Gasteiger charge is -2.29. The van der Waals surface area contributed by atoms with Gasteiger partial charge in [-0.25, -0.2) is 0 Å². The molecule has 1 saturated heterocycles. The molecular weight excluding hydrogens is 262 g/mol. The Balaban J connectivity index is 1.92. The fourth-order valence-corrected chi connectivity index (χ4v) is 3.08. The number of fused-ring (bicyclic) bond motifs is 1. The highest BCUT2D eigenvalue weighted by molar-refractivity contribution is 5.93. The van der Waals surface area contributed by atoms with E-state index in [1.54, 1.807) is 0 Å². The van der Waals surface area contributed by atoms with Gasteiger partial charge in [0.2, 0.25) is 0 Å². The van der Waals surface area contributed by atoms with E-state index < -0.39 is 0 Å². The largest absolute Gasteiger partial charge is 0.399 e. The van der Waals surface area contributed by atoms with Crippen LogP contribution in [0.3, 0.4) is 0 Å². The minimum atomic E-state index is 0.702. The quantitative estimate of drug-likeness (QED) is 0.881. The Morgan fingerprint density at radius 3 is 2.81 bits per heavy atom. The molecule has 2 aromatic rings. The maximum Gasteiger partial charge on any atom is 0.0727 e. The van der Waals surface area contributed by atoms with Crippen LogP contribution >= 0.6 is 0 Å².